The zero-order chi connectivity index (χ0) is 14.0. The third-order valence-electron chi connectivity index (χ3n) is 3.87. The van der Waals surface area contributed by atoms with Gasteiger partial charge in [0.2, 0.25) is 0 Å². The molecule has 2 rings (SSSR count). The molecule has 0 aromatic carbocycles. The SMILES string of the molecule is Cc1ncc([N+](=O)[O-])n1CCN(C)C(CN)C1CC1. The zero-order valence-corrected chi connectivity index (χ0v) is 11.5. The molecule has 7 heteroatoms. The van der Waals surface area contributed by atoms with E-state index in [0.717, 1.165) is 6.54 Å². The number of likely N-dealkylation sites (N-methyl/N-ethyl adjacent to an activating group) is 1. The summed E-state index contributed by atoms with van der Waals surface area (Å²) in [6.45, 7) is 3.75. The lowest BCUT2D eigenvalue weighted by Crippen LogP contribution is -2.41. The molecule has 1 saturated carbocycles. The predicted octanol–water partition coefficient (Wildman–Crippen LogP) is 0.769. The van der Waals surface area contributed by atoms with E-state index in [0.29, 0.717) is 30.9 Å². The van der Waals surface area contributed by atoms with Gasteiger partial charge in [-0.25, -0.2) is 9.55 Å². The number of nitrogens with two attached hydrogens (primary N) is 1. The lowest BCUT2D eigenvalue weighted by molar-refractivity contribution is -0.392. The molecule has 1 fully saturated rings. The van der Waals surface area contributed by atoms with Crippen LogP contribution in [0.5, 0.6) is 0 Å². The molecule has 1 aliphatic rings. The van der Waals surface area contributed by atoms with Crippen LogP contribution in [-0.4, -0.2) is 45.6 Å². The molecule has 1 aromatic heterocycles. The Balaban J connectivity index is 1.98. The van der Waals surface area contributed by atoms with Gasteiger partial charge in [-0.3, -0.25) is 4.90 Å². The summed E-state index contributed by atoms with van der Waals surface area (Å²) < 4.78 is 1.65. The first-order chi connectivity index (χ1) is 9.04. The fraction of sp³-hybridized carbons (Fsp3) is 0.750. The van der Waals surface area contributed by atoms with Crippen molar-refractivity contribution >= 4 is 5.82 Å². The maximum atomic E-state index is 10.9. The minimum Gasteiger partial charge on any atom is -0.358 e. The molecule has 19 heavy (non-hydrogen) atoms. The molecule has 0 spiro atoms. The highest BCUT2D eigenvalue weighted by molar-refractivity contribution is 5.18. The van der Waals surface area contributed by atoms with Crippen molar-refractivity contribution < 1.29 is 4.92 Å². The quantitative estimate of drug-likeness (QED) is 0.582. The Morgan fingerprint density at radius 1 is 1.68 bits per heavy atom. The summed E-state index contributed by atoms with van der Waals surface area (Å²) in [5, 5.41) is 10.9. The van der Waals surface area contributed by atoms with Crippen molar-refractivity contribution in [1.82, 2.24) is 14.5 Å². The van der Waals surface area contributed by atoms with Crippen LogP contribution in [0.15, 0.2) is 6.20 Å². The van der Waals surface area contributed by atoms with Gasteiger partial charge in [0.05, 0.1) is 0 Å². The number of aromatic nitrogens is 2. The molecule has 1 heterocycles. The van der Waals surface area contributed by atoms with Crippen molar-refractivity contribution in [3.8, 4) is 0 Å². The van der Waals surface area contributed by atoms with Gasteiger partial charge in [0.25, 0.3) is 0 Å². The van der Waals surface area contributed by atoms with E-state index in [2.05, 4.69) is 9.88 Å². The van der Waals surface area contributed by atoms with Crippen molar-refractivity contribution in [1.29, 1.82) is 0 Å². The van der Waals surface area contributed by atoms with Crippen LogP contribution in [0.4, 0.5) is 5.82 Å². The van der Waals surface area contributed by atoms with E-state index in [-0.39, 0.29) is 10.7 Å². The average Bonchev–Trinajstić information content (AvgIpc) is 3.11. The predicted molar refractivity (Wildman–Crippen MR) is 71.8 cm³/mol. The summed E-state index contributed by atoms with van der Waals surface area (Å²) in [7, 11) is 2.04. The van der Waals surface area contributed by atoms with E-state index in [1.165, 1.54) is 19.0 Å². The van der Waals surface area contributed by atoms with E-state index in [4.69, 9.17) is 5.73 Å². The summed E-state index contributed by atoms with van der Waals surface area (Å²) in [4.78, 5) is 16.7. The molecule has 1 unspecified atom stereocenters. The maximum absolute atomic E-state index is 10.9. The van der Waals surface area contributed by atoms with Crippen LogP contribution in [0.2, 0.25) is 0 Å². The maximum Gasteiger partial charge on any atom is 0.342 e. The van der Waals surface area contributed by atoms with Crippen LogP contribution in [0.3, 0.4) is 0 Å². The number of nitro groups is 1. The van der Waals surface area contributed by atoms with E-state index < -0.39 is 0 Å². The summed E-state index contributed by atoms with van der Waals surface area (Å²) in [6, 6.07) is 0.392. The van der Waals surface area contributed by atoms with Gasteiger partial charge in [-0.2, -0.15) is 0 Å². The molecule has 0 radical (unpaired) electrons. The van der Waals surface area contributed by atoms with Gasteiger partial charge in [-0.1, -0.05) is 0 Å². The summed E-state index contributed by atoms with van der Waals surface area (Å²) in [6.07, 6.45) is 3.81. The molecular weight excluding hydrogens is 246 g/mol. The van der Waals surface area contributed by atoms with Crippen molar-refractivity contribution in [3.63, 3.8) is 0 Å². The Kier molecular flexibility index (Phi) is 4.16. The molecule has 0 aliphatic heterocycles. The van der Waals surface area contributed by atoms with E-state index >= 15 is 0 Å². The van der Waals surface area contributed by atoms with Crippen molar-refractivity contribution in [2.75, 3.05) is 20.1 Å². The fourth-order valence-corrected chi connectivity index (χ4v) is 2.52. The monoisotopic (exact) mass is 267 g/mol. The van der Waals surface area contributed by atoms with Crippen LogP contribution in [0.1, 0.15) is 18.7 Å². The Morgan fingerprint density at radius 2 is 2.37 bits per heavy atom. The third kappa shape index (κ3) is 3.10. The van der Waals surface area contributed by atoms with Gasteiger partial charge in [-0.05, 0) is 30.7 Å². The molecular formula is C12H21N5O2. The summed E-state index contributed by atoms with van der Waals surface area (Å²) >= 11 is 0. The smallest absolute Gasteiger partial charge is 0.342 e. The van der Waals surface area contributed by atoms with Gasteiger partial charge >= 0.3 is 5.82 Å². The van der Waals surface area contributed by atoms with E-state index in [1.54, 1.807) is 11.5 Å². The largest absolute Gasteiger partial charge is 0.358 e. The van der Waals surface area contributed by atoms with Gasteiger partial charge in [0.15, 0.2) is 5.82 Å². The van der Waals surface area contributed by atoms with Gasteiger partial charge in [0.1, 0.15) is 12.7 Å². The van der Waals surface area contributed by atoms with Crippen LogP contribution in [0, 0.1) is 23.0 Å². The normalized spacial score (nSPS) is 16.8. The van der Waals surface area contributed by atoms with Crippen LogP contribution >= 0.6 is 0 Å². The number of hydrogen-bond donors (Lipinski definition) is 1. The number of rotatable bonds is 7. The lowest BCUT2D eigenvalue weighted by atomic mass is 10.1. The molecule has 0 amide bonds. The van der Waals surface area contributed by atoms with Crippen molar-refractivity contribution in [2.45, 2.75) is 32.4 Å². The molecule has 1 atom stereocenters. The average molecular weight is 267 g/mol. The van der Waals surface area contributed by atoms with Crippen LogP contribution in [0.25, 0.3) is 0 Å². The first-order valence-electron chi connectivity index (χ1n) is 6.61. The number of aryl methyl sites for hydroxylation is 1. The molecule has 0 saturated heterocycles. The topological polar surface area (TPSA) is 90.2 Å². The lowest BCUT2D eigenvalue weighted by Gasteiger charge is -2.26. The van der Waals surface area contributed by atoms with Crippen molar-refractivity contribution in [3.05, 3.63) is 22.1 Å². The van der Waals surface area contributed by atoms with Gasteiger partial charge in [0, 0.05) is 26.1 Å². The fourth-order valence-electron chi connectivity index (χ4n) is 2.52. The molecule has 0 bridgehead atoms. The second-order valence-corrected chi connectivity index (χ2v) is 5.19. The van der Waals surface area contributed by atoms with E-state index in [1.807, 2.05) is 7.05 Å². The Morgan fingerprint density at radius 3 is 2.89 bits per heavy atom. The molecule has 2 N–H and O–H groups in total. The van der Waals surface area contributed by atoms with E-state index in [9.17, 15) is 10.1 Å². The molecule has 1 aliphatic carbocycles. The third-order valence-corrected chi connectivity index (χ3v) is 3.87. The Bertz CT molecular complexity index is 455. The minimum absolute atomic E-state index is 0.0571. The first-order valence-corrected chi connectivity index (χ1v) is 6.61. The number of nitrogens with zero attached hydrogens (tertiary/aromatic N) is 4. The molecule has 7 nitrogen and oxygen atoms in total. The highest BCUT2D eigenvalue weighted by atomic mass is 16.6. The van der Waals surface area contributed by atoms with Crippen LogP contribution in [-0.2, 0) is 6.54 Å². The highest BCUT2D eigenvalue weighted by Crippen LogP contribution is 2.34. The number of hydrogen-bond acceptors (Lipinski definition) is 5. The molecule has 106 valence electrons. The van der Waals surface area contributed by atoms with Gasteiger partial charge in [-0.15, -0.1) is 0 Å². The standard InChI is InChI=1S/C12H21N5O2/c1-9-14-8-12(17(18)19)16(9)6-5-15(2)11(7-13)10-3-4-10/h8,10-11H,3-7,13H2,1-2H3. The zero-order valence-electron chi connectivity index (χ0n) is 11.5. The van der Waals surface area contributed by atoms with Crippen molar-refractivity contribution in [2.24, 2.45) is 11.7 Å². The minimum atomic E-state index is -0.388. The first kappa shape index (κ1) is 14.0. The molecule has 1 aromatic rings. The highest BCUT2D eigenvalue weighted by Gasteiger charge is 2.33. The van der Waals surface area contributed by atoms with Gasteiger partial charge < -0.3 is 15.8 Å². The second kappa shape index (κ2) is 5.66. The summed E-state index contributed by atoms with van der Waals surface area (Å²) in [5.41, 5.74) is 5.80. The van der Waals surface area contributed by atoms with Crippen LogP contribution < -0.4 is 5.73 Å². The Labute approximate surface area is 112 Å². The number of imidazole rings is 1. The second-order valence-electron chi connectivity index (χ2n) is 5.19. The summed E-state index contributed by atoms with van der Waals surface area (Å²) in [5.74, 6) is 1.44. The Hall–Kier alpha value is -1.47.